The average molecular weight is 477 g/mol. The molecular formula is C28H36N4O3. The number of fused-ring (bicyclic) bond motifs is 2. The zero-order valence-corrected chi connectivity index (χ0v) is 20.4. The summed E-state index contributed by atoms with van der Waals surface area (Å²) in [6, 6.07) is 13.8. The third-order valence-electron chi connectivity index (χ3n) is 7.14. The highest BCUT2D eigenvalue weighted by atomic mass is 16.5. The van der Waals surface area contributed by atoms with Crippen LogP contribution < -0.4 is 20.7 Å². The second-order valence-corrected chi connectivity index (χ2v) is 9.60. The number of nitrogens with zero attached hydrogens (tertiary/aromatic N) is 2. The summed E-state index contributed by atoms with van der Waals surface area (Å²) in [6.07, 6.45) is 7.46. The molecule has 7 nitrogen and oxygen atoms in total. The summed E-state index contributed by atoms with van der Waals surface area (Å²) < 4.78 is 12.2. The number of nitrogens with one attached hydrogen (secondary N) is 1. The van der Waals surface area contributed by atoms with Crippen molar-refractivity contribution in [2.75, 3.05) is 49.5 Å². The van der Waals surface area contributed by atoms with Gasteiger partial charge in [0.25, 0.3) is 0 Å². The first-order valence-corrected chi connectivity index (χ1v) is 13.0. The molecule has 2 aromatic carbocycles. The molecule has 3 N–H and O–H groups in total. The molecule has 1 aromatic heterocycles. The van der Waals surface area contributed by atoms with Crippen molar-refractivity contribution in [2.24, 2.45) is 5.73 Å². The van der Waals surface area contributed by atoms with E-state index in [0.29, 0.717) is 5.69 Å². The lowest BCUT2D eigenvalue weighted by Crippen LogP contribution is -2.31. The number of aryl methyl sites for hydroxylation is 2. The summed E-state index contributed by atoms with van der Waals surface area (Å²) in [7, 11) is 0. The molecule has 35 heavy (non-hydrogen) atoms. The van der Waals surface area contributed by atoms with Crippen LogP contribution in [0.25, 0.3) is 11.0 Å². The monoisotopic (exact) mass is 476 g/mol. The van der Waals surface area contributed by atoms with Gasteiger partial charge in [-0.3, -0.25) is 0 Å². The number of furan rings is 1. The molecule has 3 heterocycles. The van der Waals surface area contributed by atoms with Crippen LogP contribution >= 0.6 is 0 Å². The van der Waals surface area contributed by atoms with E-state index in [9.17, 15) is 4.79 Å². The van der Waals surface area contributed by atoms with E-state index in [-0.39, 0.29) is 0 Å². The second-order valence-electron chi connectivity index (χ2n) is 9.60. The molecule has 0 bridgehead atoms. The van der Waals surface area contributed by atoms with Crippen LogP contribution in [0.1, 0.15) is 43.4 Å². The molecular weight excluding hydrogens is 440 g/mol. The number of urea groups is 1. The normalized spacial score (nSPS) is 16.9. The fourth-order valence-corrected chi connectivity index (χ4v) is 5.36. The minimum Gasteiger partial charge on any atom is -0.491 e. The molecule has 0 aliphatic carbocycles. The number of anilines is 2. The SMILES string of the molecule is NC(=O)Nc1c(CCCCN2CCCN(c3cccc4c3OCCCC4)CC2)oc2ccccc12. The van der Waals surface area contributed by atoms with Crippen molar-refractivity contribution in [3.8, 4) is 5.75 Å². The number of ether oxygens (including phenoxy) is 1. The maximum absolute atomic E-state index is 11.5. The van der Waals surface area contributed by atoms with Gasteiger partial charge in [0.2, 0.25) is 0 Å². The Morgan fingerprint density at radius 2 is 1.89 bits per heavy atom. The van der Waals surface area contributed by atoms with Crippen molar-refractivity contribution in [2.45, 2.75) is 44.9 Å². The van der Waals surface area contributed by atoms with Crippen LogP contribution in [0, 0.1) is 0 Å². The first kappa shape index (κ1) is 23.5. The van der Waals surface area contributed by atoms with Gasteiger partial charge in [-0.15, -0.1) is 0 Å². The van der Waals surface area contributed by atoms with E-state index in [0.717, 1.165) is 100 Å². The van der Waals surface area contributed by atoms with E-state index >= 15 is 0 Å². The Kier molecular flexibility index (Phi) is 7.42. The number of para-hydroxylation sites is 2. The molecule has 0 spiro atoms. The van der Waals surface area contributed by atoms with Crippen LogP contribution in [0.5, 0.6) is 5.75 Å². The molecule has 1 fully saturated rings. The first-order valence-electron chi connectivity index (χ1n) is 13.0. The van der Waals surface area contributed by atoms with Crippen molar-refractivity contribution in [1.29, 1.82) is 0 Å². The van der Waals surface area contributed by atoms with Gasteiger partial charge < -0.3 is 30.0 Å². The quantitative estimate of drug-likeness (QED) is 0.460. The van der Waals surface area contributed by atoms with Crippen LogP contribution in [0.2, 0.25) is 0 Å². The maximum atomic E-state index is 11.5. The Morgan fingerprint density at radius 1 is 0.971 bits per heavy atom. The highest BCUT2D eigenvalue weighted by Gasteiger charge is 2.21. The zero-order valence-electron chi connectivity index (χ0n) is 20.4. The van der Waals surface area contributed by atoms with E-state index in [1.54, 1.807) is 0 Å². The zero-order chi connectivity index (χ0) is 24.0. The highest BCUT2D eigenvalue weighted by molar-refractivity contribution is 6.00. The van der Waals surface area contributed by atoms with Crippen molar-refractivity contribution in [3.63, 3.8) is 0 Å². The molecule has 3 aromatic rings. The molecule has 7 heteroatoms. The number of carbonyl (C=O) groups excluding carboxylic acids is 1. The third-order valence-corrected chi connectivity index (χ3v) is 7.14. The number of primary amides is 1. The van der Waals surface area contributed by atoms with Crippen molar-refractivity contribution < 1.29 is 13.9 Å². The largest absolute Gasteiger partial charge is 0.491 e. The number of unbranched alkanes of at least 4 members (excludes halogenated alkanes) is 1. The molecule has 186 valence electrons. The molecule has 0 saturated carbocycles. The fraction of sp³-hybridized carbons (Fsp3) is 0.464. The lowest BCUT2D eigenvalue weighted by atomic mass is 10.1. The van der Waals surface area contributed by atoms with E-state index in [1.165, 1.54) is 17.7 Å². The number of carbonyl (C=O) groups is 1. The first-order chi connectivity index (χ1) is 17.2. The molecule has 1 saturated heterocycles. The maximum Gasteiger partial charge on any atom is 0.316 e. The topological polar surface area (TPSA) is 84.0 Å². The Labute approximate surface area is 207 Å². The number of rotatable bonds is 7. The molecule has 0 unspecified atom stereocenters. The highest BCUT2D eigenvalue weighted by Crippen LogP contribution is 2.36. The predicted molar refractivity (Wildman–Crippen MR) is 141 cm³/mol. The van der Waals surface area contributed by atoms with Gasteiger partial charge in [-0.2, -0.15) is 0 Å². The van der Waals surface area contributed by atoms with Crippen molar-refractivity contribution in [3.05, 3.63) is 53.8 Å². The fourth-order valence-electron chi connectivity index (χ4n) is 5.36. The molecule has 5 rings (SSSR count). The number of benzene rings is 2. The third kappa shape index (κ3) is 5.56. The molecule has 2 amide bonds. The summed E-state index contributed by atoms with van der Waals surface area (Å²) in [6.45, 7) is 6.16. The van der Waals surface area contributed by atoms with Crippen LogP contribution in [-0.4, -0.2) is 50.3 Å². The summed E-state index contributed by atoms with van der Waals surface area (Å²) in [5.41, 5.74) is 9.52. The van der Waals surface area contributed by atoms with E-state index in [4.69, 9.17) is 14.9 Å². The van der Waals surface area contributed by atoms with Gasteiger partial charge in [-0.25, -0.2) is 4.79 Å². The Hall–Kier alpha value is -3.19. The minimum absolute atomic E-state index is 0.562. The Morgan fingerprint density at radius 3 is 2.80 bits per heavy atom. The number of hydrogen-bond acceptors (Lipinski definition) is 5. The molecule has 0 radical (unpaired) electrons. The van der Waals surface area contributed by atoms with Gasteiger partial charge in [-0.05, 0) is 75.4 Å². The lowest BCUT2D eigenvalue weighted by molar-refractivity contribution is 0.259. The smallest absolute Gasteiger partial charge is 0.316 e. The van der Waals surface area contributed by atoms with Gasteiger partial charge in [0, 0.05) is 31.4 Å². The summed E-state index contributed by atoms with van der Waals surface area (Å²) in [5, 5.41) is 3.66. The van der Waals surface area contributed by atoms with Gasteiger partial charge in [0.05, 0.1) is 18.0 Å². The van der Waals surface area contributed by atoms with Crippen LogP contribution in [0.4, 0.5) is 16.2 Å². The molecule has 0 atom stereocenters. The van der Waals surface area contributed by atoms with Crippen LogP contribution in [0.3, 0.4) is 0 Å². The second kappa shape index (κ2) is 11.0. The predicted octanol–water partition coefficient (Wildman–Crippen LogP) is 5.17. The van der Waals surface area contributed by atoms with Crippen molar-refractivity contribution in [1.82, 2.24) is 4.90 Å². The summed E-state index contributed by atoms with van der Waals surface area (Å²) in [5.74, 6) is 1.92. The molecule has 2 aliphatic rings. The standard InChI is InChI=1S/C28H36N4O3/c29-28(33)30-26-22-11-1-2-13-24(22)35-25(26)14-3-5-15-31-16-8-17-32(19-18-31)23-12-7-10-21-9-4-6-20-34-27(21)23/h1-2,7,10-13H,3-6,8-9,14-20H2,(H3,29,30,33). The van der Waals surface area contributed by atoms with Gasteiger partial charge in [-0.1, -0.05) is 24.3 Å². The van der Waals surface area contributed by atoms with Crippen molar-refractivity contribution >= 4 is 28.4 Å². The summed E-state index contributed by atoms with van der Waals surface area (Å²) >= 11 is 0. The van der Waals surface area contributed by atoms with Gasteiger partial charge >= 0.3 is 6.03 Å². The average Bonchev–Trinajstić information content (AvgIpc) is 3.05. The van der Waals surface area contributed by atoms with Gasteiger partial charge in [0.15, 0.2) is 0 Å². The minimum atomic E-state index is -0.562. The Balaban J connectivity index is 1.15. The number of nitrogens with two attached hydrogens (primary N) is 1. The lowest BCUT2D eigenvalue weighted by Gasteiger charge is -2.26. The van der Waals surface area contributed by atoms with Crippen LogP contribution in [0.15, 0.2) is 46.9 Å². The summed E-state index contributed by atoms with van der Waals surface area (Å²) in [4.78, 5) is 16.6. The van der Waals surface area contributed by atoms with Crippen LogP contribution in [-0.2, 0) is 12.8 Å². The van der Waals surface area contributed by atoms with E-state index < -0.39 is 6.03 Å². The van der Waals surface area contributed by atoms with E-state index in [2.05, 4.69) is 33.3 Å². The number of hydrogen-bond donors (Lipinski definition) is 2. The van der Waals surface area contributed by atoms with E-state index in [1.807, 2.05) is 24.3 Å². The Bertz CT molecular complexity index is 1160. The van der Waals surface area contributed by atoms with Gasteiger partial charge in [0.1, 0.15) is 17.1 Å². The molecule has 2 aliphatic heterocycles. The number of amides is 2.